The lowest BCUT2D eigenvalue weighted by molar-refractivity contribution is 0.574. The van der Waals surface area contributed by atoms with E-state index in [0.29, 0.717) is 0 Å². The van der Waals surface area contributed by atoms with Gasteiger partial charge in [0, 0.05) is 36.7 Å². The monoisotopic (exact) mass is 421 g/mol. The molecule has 0 unspecified atom stereocenters. The van der Waals surface area contributed by atoms with E-state index in [1.54, 1.807) is 48.8 Å². The number of nitrogens with zero attached hydrogens (tertiary/aromatic N) is 4. The Bertz CT molecular complexity index is 1300. The van der Waals surface area contributed by atoms with Crippen LogP contribution in [0.2, 0.25) is 0 Å². The van der Waals surface area contributed by atoms with Crippen molar-refractivity contribution < 1.29 is 8.42 Å². The van der Waals surface area contributed by atoms with Gasteiger partial charge in [-0.05, 0) is 50.5 Å². The summed E-state index contributed by atoms with van der Waals surface area (Å²) in [6.07, 6.45) is 6.79. The summed E-state index contributed by atoms with van der Waals surface area (Å²) in [6.45, 7) is 3.89. The number of anilines is 1. The van der Waals surface area contributed by atoms with Crippen molar-refractivity contribution >= 4 is 26.9 Å². The summed E-state index contributed by atoms with van der Waals surface area (Å²) in [6, 6.07) is 12.2. The van der Waals surface area contributed by atoms with E-state index in [1.165, 1.54) is 10.4 Å². The maximum atomic E-state index is 12.9. The summed E-state index contributed by atoms with van der Waals surface area (Å²) < 4.78 is 27.0. The topological polar surface area (TPSA) is 83.9 Å². The van der Waals surface area contributed by atoms with Gasteiger partial charge in [0.05, 0.1) is 10.4 Å². The zero-order valence-electron chi connectivity index (χ0n) is 16.7. The average molecular weight is 422 g/mol. The van der Waals surface area contributed by atoms with E-state index in [2.05, 4.69) is 14.9 Å². The number of hydrogen-bond donors (Lipinski definition) is 1. The van der Waals surface area contributed by atoms with Crippen molar-refractivity contribution in [2.45, 2.75) is 31.1 Å². The van der Waals surface area contributed by atoms with Crippen LogP contribution in [0, 0.1) is 6.92 Å². The highest BCUT2D eigenvalue weighted by Crippen LogP contribution is 2.31. The van der Waals surface area contributed by atoms with Gasteiger partial charge in [0.15, 0.2) is 5.82 Å². The standard InChI is InChI=1S/C22H23N5O2S/c1-16-23-20-14-19(25-21(20)22(24-16)26-11-6-3-7-12-26)17-10-13-27(15-17)30(28,29)18-8-4-2-5-9-18/h2,4-5,8-10,13-15,25H,3,6-7,11-12H2,1H3. The molecule has 1 saturated heterocycles. The van der Waals surface area contributed by atoms with Gasteiger partial charge in [0.25, 0.3) is 10.0 Å². The number of rotatable bonds is 4. The fraction of sp³-hybridized carbons (Fsp3) is 0.273. The van der Waals surface area contributed by atoms with Gasteiger partial charge in [0.2, 0.25) is 0 Å². The molecule has 0 radical (unpaired) electrons. The lowest BCUT2D eigenvalue weighted by Gasteiger charge is -2.28. The number of aryl methyl sites for hydroxylation is 1. The highest BCUT2D eigenvalue weighted by molar-refractivity contribution is 7.90. The van der Waals surface area contributed by atoms with E-state index in [0.717, 1.165) is 59.9 Å². The second-order valence-corrected chi connectivity index (χ2v) is 9.48. The Balaban J connectivity index is 1.55. The number of fused-ring (bicyclic) bond motifs is 1. The van der Waals surface area contributed by atoms with Gasteiger partial charge in [-0.3, -0.25) is 0 Å². The number of hydrogen-bond acceptors (Lipinski definition) is 5. The van der Waals surface area contributed by atoms with E-state index in [4.69, 9.17) is 4.98 Å². The minimum Gasteiger partial charge on any atom is -0.355 e. The van der Waals surface area contributed by atoms with Crippen LogP contribution in [0.1, 0.15) is 25.1 Å². The quantitative estimate of drug-likeness (QED) is 0.539. The Hall–Kier alpha value is -3.13. The van der Waals surface area contributed by atoms with Crippen LogP contribution in [0.15, 0.2) is 59.8 Å². The van der Waals surface area contributed by atoms with Crippen molar-refractivity contribution in [3.63, 3.8) is 0 Å². The molecule has 3 aromatic heterocycles. The smallest absolute Gasteiger partial charge is 0.267 e. The molecule has 30 heavy (non-hydrogen) atoms. The van der Waals surface area contributed by atoms with Crippen LogP contribution in [0.4, 0.5) is 5.82 Å². The molecule has 1 N–H and O–H groups in total. The van der Waals surface area contributed by atoms with Crippen molar-refractivity contribution in [1.82, 2.24) is 18.9 Å². The molecule has 4 heterocycles. The van der Waals surface area contributed by atoms with E-state index in [-0.39, 0.29) is 4.90 Å². The molecule has 1 fully saturated rings. The molecule has 0 atom stereocenters. The van der Waals surface area contributed by atoms with Gasteiger partial charge in [-0.1, -0.05) is 18.2 Å². The van der Waals surface area contributed by atoms with E-state index in [1.807, 2.05) is 13.0 Å². The van der Waals surface area contributed by atoms with Gasteiger partial charge in [-0.15, -0.1) is 0 Å². The molecular formula is C22H23N5O2S. The van der Waals surface area contributed by atoms with Crippen LogP contribution in [-0.2, 0) is 10.0 Å². The van der Waals surface area contributed by atoms with Crippen molar-refractivity contribution in [3.8, 4) is 11.3 Å². The minimum absolute atomic E-state index is 0.262. The minimum atomic E-state index is -3.62. The van der Waals surface area contributed by atoms with Gasteiger partial charge < -0.3 is 9.88 Å². The first-order chi connectivity index (χ1) is 14.5. The summed E-state index contributed by atoms with van der Waals surface area (Å²) in [5.74, 6) is 1.66. The molecule has 1 aliphatic rings. The van der Waals surface area contributed by atoms with Crippen LogP contribution in [0.5, 0.6) is 0 Å². The summed E-state index contributed by atoms with van der Waals surface area (Å²) in [7, 11) is -3.62. The normalized spacial score (nSPS) is 15.0. The maximum Gasteiger partial charge on any atom is 0.267 e. The van der Waals surface area contributed by atoms with Gasteiger partial charge >= 0.3 is 0 Å². The van der Waals surface area contributed by atoms with Crippen LogP contribution >= 0.6 is 0 Å². The fourth-order valence-corrected chi connectivity index (χ4v) is 5.22. The first kappa shape index (κ1) is 18.9. The van der Waals surface area contributed by atoms with Gasteiger partial charge in [-0.2, -0.15) is 0 Å². The predicted octanol–water partition coefficient (Wildman–Crippen LogP) is 3.96. The van der Waals surface area contributed by atoms with Gasteiger partial charge in [-0.25, -0.2) is 22.4 Å². The number of H-pyrrole nitrogens is 1. The molecule has 4 aromatic rings. The number of benzene rings is 1. The lowest BCUT2D eigenvalue weighted by Crippen LogP contribution is -2.30. The molecule has 0 aliphatic carbocycles. The second-order valence-electron chi connectivity index (χ2n) is 7.63. The van der Waals surface area contributed by atoms with Crippen LogP contribution in [-0.4, -0.2) is 40.4 Å². The fourth-order valence-electron chi connectivity index (χ4n) is 4.00. The Morgan fingerprint density at radius 1 is 1.00 bits per heavy atom. The second kappa shape index (κ2) is 7.28. The highest BCUT2D eigenvalue weighted by Gasteiger charge is 2.20. The summed E-state index contributed by atoms with van der Waals surface area (Å²) in [5, 5.41) is 0. The molecule has 0 amide bonds. The third-order valence-electron chi connectivity index (χ3n) is 5.52. The summed E-state index contributed by atoms with van der Waals surface area (Å²) in [4.78, 5) is 15.3. The Kier molecular flexibility index (Phi) is 4.58. The molecule has 0 bridgehead atoms. The summed E-state index contributed by atoms with van der Waals surface area (Å²) in [5.41, 5.74) is 3.35. The Morgan fingerprint density at radius 2 is 1.77 bits per heavy atom. The zero-order valence-corrected chi connectivity index (χ0v) is 17.6. The van der Waals surface area contributed by atoms with Crippen molar-refractivity contribution in [2.75, 3.05) is 18.0 Å². The largest absolute Gasteiger partial charge is 0.355 e. The predicted molar refractivity (Wildman–Crippen MR) is 117 cm³/mol. The SMILES string of the molecule is Cc1nc(N2CCCCC2)c2[nH]c(-c3ccn(S(=O)(=O)c4ccccc4)c3)cc2n1. The molecule has 0 spiro atoms. The molecular weight excluding hydrogens is 398 g/mol. The molecule has 1 aromatic carbocycles. The zero-order chi connectivity index (χ0) is 20.7. The third kappa shape index (κ3) is 3.27. The van der Waals surface area contributed by atoms with Crippen LogP contribution in [0.3, 0.4) is 0 Å². The van der Waals surface area contributed by atoms with Crippen molar-refractivity contribution in [1.29, 1.82) is 0 Å². The lowest BCUT2D eigenvalue weighted by atomic mass is 10.1. The Labute approximate surface area is 175 Å². The summed E-state index contributed by atoms with van der Waals surface area (Å²) >= 11 is 0. The molecule has 154 valence electrons. The van der Waals surface area contributed by atoms with E-state index >= 15 is 0 Å². The number of nitrogens with one attached hydrogen (secondary N) is 1. The van der Waals surface area contributed by atoms with E-state index < -0.39 is 10.0 Å². The van der Waals surface area contributed by atoms with E-state index in [9.17, 15) is 8.42 Å². The molecule has 5 rings (SSSR count). The highest BCUT2D eigenvalue weighted by atomic mass is 32.2. The van der Waals surface area contributed by atoms with Crippen molar-refractivity contribution in [2.24, 2.45) is 0 Å². The first-order valence-corrected chi connectivity index (χ1v) is 11.6. The number of aromatic nitrogens is 4. The maximum absolute atomic E-state index is 12.9. The van der Waals surface area contributed by atoms with Gasteiger partial charge in [0.1, 0.15) is 11.3 Å². The third-order valence-corrected chi connectivity index (χ3v) is 7.17. The van der Waals surface area contributed by atoms with Crippen molar-refractivity contribution in [3.05, 3.63) is 60.7 Å². The molecule has 7 nitrogen and oxygen atoms in total. The first-order valence-electron chi connectivity index (χ1n) is 10.1. The number of piperidine rings is 1. The molecule has 1 aliphatic heterocycles. The van der Waals surface area contributed by atoms with Crippen LogP contribution in [0.25, 0.3) is 22.3 Å². The number of aromatic amines is 1. The molecule has 8 heteroatoms. The molecule has 0 saturated carbocycles. The van der Waals surface area contributed by atoms with Crippen LogP contribution < -0.4 is 4.90 Å². The Morgan fingerprint density at radius 3 is 2.53 bits per heavy atom. The average Bonchev–Trinajstić information content (AvgIpc) is 3.42.